The number of carbonyl (C=O) groups excluding carboxylic acids is 1. The highest BCUT2D eigenvalue weighted by molar-refractivity contribution is 8.26. The standard InChI is InChI=1S/C29H34N4O6S3/c1-5-6-12-32-26(31-11-9-19-7-8-23(38-3)24(14-19)39-4)21(18(2)22(16-30)27(32)34)15-25-28(35)33(29(40)41-25)20-10-13-42(36,37)17-20/h7-8,14-15,20,31H,5-6,9-13,17H2,1-4H3/b25-15+. The molecule has 0 spiro atoms. The predicted molar refractivity (Wildman–Crippen MR) is 169 cm³/mol. The topological polar surface area (TPSA) is 131 Å². The fourth-order valence-corrected chi connectivity index (χ4v) is 8.23. The summed E-state index contributed by atoms with van der Waals surface area (Å²) in [5, 5.41) is 13.3. The van der Waals surface area contributed by atoms with Crippen molar-refractivity contribution >= 4 is 55.9 Å². The van der Waals surface area contributed by atoms with Gasteiger partial charge in [0, 0.05) is 18.7 Å². The van der Waals surface area contributed by atoms with Crippen LogP contribution in [-0.4, -0.2) is 66.4 Å². The highest BCUT2D eigenvalue weighted by Crippen LogP contribution is 2.38. The molecule has 3 heterocycles. The summed E-state index contributed by atoms with van der Waals surface area (Å²) in [7, 11) is -0.0687. The Morgan fingerprint density at radius 2 is 1.98 bits per heavy atom. The molecule has 1 amide bonds. The van der Waals surface area contributed by atoms with E-state index in [1.54, 1.807) is 31.8 Å². The van der Waals surface area contributed by atoms with Gasteiger partial charge in [-0.2, -0.15) is 5.26 Å². The molecule has 2 aliphatic heterocycles. The third-order valence-electron chi connectivity index (χ3n) is 7.44. The van der Waals surface area contributed by atoms with Crippen LogP contribution in [0.15, 0.2) is 27.9 Å². The molecule has 0 bridgehead atoms. The molecule has 0 radical (unpaired) electrons. The number of sulfone groups is 1. The van der Waals surface area contributed by atoms with E-state index in [2.05, 4.69) is 11.4 Å². The van der Waals surface area contributed by atoms with Gasteiger partial charge in [0.1, 0.15) is 21.8 Å². The minimum Gasteiger partial charge on any atom is -0.493 e. The minimum atomic E-state index is -3.22. The monoisotopic (exact) mass is 630 g/mol. The van der Waals surface area contributed by atoms with E-state index in [1.165, 1.54) is 4.90 Å². The Morgan fingerprint density at radius 1 is 1.24 bits per heavy atom. The Labute approximate surface area is 255 Å². The summed E-state index contributed by atoms with van der Waals surface area (Å²) in [4.78, 5) is 28.6. The van der Waals surface area contributed by atoms with Crippen molar-refractivity contribution in [2.75, 3.05) is 37.6 Å². The summed E-state index contributed by atoms with van der Waals surface area (Å²) in [6, 6.07) is 7.22. The molecular weight excluding hydrogens is 597 g/mol. The van der Waals surface area contributed by atoms with Crippen LogP contribution < -0.4 is 20.3 Å². The smallest absolute Gasteiger partial charge is 0.270 e. The second-order valence-electron chi connectivity index (χ2n) is 10.2. The van der Waals surface area contributed by atoms with Crippen molar-refractivity contribution in [2.24, 2.45) is 0 Å². The van der Waals surface area contributed by atoms with Gasteiger partial charge in [-0.05, 0) is 55.5 Å². The number of hydrogen-bond donors (Lipinski definition) is 1. The zero-order valence-electron chi connectivity index (χ0n) is 24.1. The zero-order chi connectivity index (χ0) is 30.6. The van der Waals surface area contributed by atoms with Gasteiger partial charge in [0.2, 0.25) is 0 Å². The maximum absolute atomic E-state index is 13.5. The molecule has 0 saturated carbocycles. The van der Waals surface area contributed by atoms with E-state index in [0.717, 1.165) is 30.2 Å². The Bertz CT molecular complexity index is 1640. The molecule has 2 saturated heterocycles. The molecule has 1 aromatic heterocycles. The lowest BCUT2D eigenvalue weighted by molar-refractivity contribution is -0.123. The Hall–Kier alpha value is -3.34. The summed E-state index contributed by atoms with van der Waals surface area (Å²) in [5.41, 5.74) is 1.62. The van der Waals surface area contributed by atoms with Gasteiger partial charge in [-0.1, -0.05) is 43.4 Å². The Balaban J connectivity index is 1.73. The molecule has 10 nitrogen and oxygen atoms in total. The number of hydrogen-bond acceptors (Lipinski definition) is 10. The number of methoxy groups -OCH3 is 2. The van der Waals surface area contributed by atoms with Gasteiger partial charge < -0.3 is 14.8 Å². The van der Waals surface area contributed by atoms with E-state index in [4.69, 9.17) is 21.7 Å². The van der Waals surface area contributed by atoms with Crippen molar-refractivity contribution in [1.82, 2.24) is 9.47 Å². The van der Waals surface area contributed by atoms with Crippen molar-refractivity contribution in [1.29, 1.82) is 5.26 Å². The van der Waals surface area contributed by atoms with Gasteiger partial charge in [-0.15, -0.1) is 0 Å². The van der Waals surface area contributed by atoms with Crippen molar-refractivity contribution in [2.45, 2.75) is 52.1 Å². The SMILES string of the molecule is CCCCn1c(NCCc2ccc(OC)c(OC)c2)c(/C=C2/SC(=S)N(C3CCS(=O)(=O)C3)C2=O)c(C)c(C#N)c1=O. The normalized spacial score (nSPS) is 18.9. The van der Waals surface area contributed by atoms with E-state index in [-0.39, 0.29) is 23.0 Å². The summed E-state index contributed by atoms with van der Waals surface area (Å²) < 4.78 is 36.8. The second-order valence-corrected chi connectivity index (χ2v) is 14.1. The number of nitrogens with zero attached hydrogens (tertiary/aromatic N) is 3. The number of carbonyl (C=O) groups is 1. The molecule has 1 N–H and O–H groups in total. The Morgan fingerprint density at radius 3 is 2.60 bits per heavy atom. The van der Waals surface area contributed by atoms with Crippen molar-refractivity contribution in [3.8, 4) is 17.6 Å². The maximum atomic E-state index is 13.5. The van der Waals surface area contributed by atoms with Gasteiger partial charge in [-0.25, -0.2) is 8.42 Å². The van der Waals surface area contributed by atoms with Gasteiger partial charge >= 0.3 is 0 Å². The quantitative estimate of drug-likeness (QED) is 0.288. The Kier molecular flexibility index (Phi) is 10.0. The van der Waals surface area contributed by atoms with Crippen LogP contribution in [0.3, 0.4) is 0 Å². The summed E-state index contributed by atoms with van der Waals surface area (Å²) in [6.45, 7) is 4.56. The fourth-order valence-electron chi connectivity index (χ4n) is 5.15. The molecule has 2 fully saturated rings. The molecule has 4 rings (SSSR count). The van der Waals surface area contributed by atoms with E-state index in [1.807, 2.05) is 25.1 Å². The first-order valence-electron chi connectivity index (χ1n) is 13.6. The summed E-state index contributed by atoms with van der Waals surface area (Å²) in [6.07, 6.45) is 4.16. The summed E-state index contributed by atoms with van der Waals surface area (Å²) >= 11 is 6.59. The van der Waals surface area contributed by atoms with Gasteiger partial charge in [0.05, 0.1) is 36.7 Å². The molecule has 1 unspecified atom stereocenters. The molecule has 2 aromatic rings. The number of aromatic nitrogens is 1. The highest BCUT2D eigenvalue weighted by atomic mass is 32.2. The van der Waals surface area contributed by atoms with Crippen molar-refractivity contribution in [3.05, 3.63) is 55.7 Å². The molecule has 1 aromatic carbocycles. The average Bonchev–Trinajstić information content (AvgIpc) is 3.46. The van der Waals surface area contributed by atoms with Crippen LogP contribution in [0.25, 0.3) is 6.08 Å². The third-order valence-corrected chi connectivity index (χ3v) is 10.5. The number of anilines is 1. The number of nitrogens with one attached hydrogen (secondary N) is 1. The molecule has 224 valence electrons. The largest absolute Gasteiger partial charge is 0.493 e. The van der Waals surface area contributed by atoms with Gasteiger partial charge in [0.25, 0.3) is 11.5 Å². The van der Waals surface area contributed by atoms with E-state index < -0.39 is 21.4 Å². The first-order valence-corrected chi connectivity index (χ1v) is 16.7. The number of benzene rings is 1. The van der Waals surface area contributed by atoms with Crippen molar-refractivity contribution < 1.29 is 22.7 Å². The number of rotatable bonds is 11. The van der Waals surface area contributed by atoms with Crippen LogP contribution >= 0.6 is 24.0 Å². The average molecular weight is 631 g/mol. The number of unbranched alkanes of at least 4 members (excludes halogenated alkanes) is 1. The number of amides is 1. The van der Waals surface area contributed by atoms with Crippen LogP contribution in [0.1, 0.15) is 48.4 Å². The van der Waals surface area contributed by atoms with E-state index in [0.29, 0.717) is 63.6 Å². The van der Waals surface area contributed by atoms with Crippen LogP contribution in [0.4, 0.5) is 5.82 Å². The first kappa shape index (κ1) is 31.6. The first-order chi connectivity index (χ1) is 20.0. The highest BCUT2D eigenvalue weighted by Gasteiger charge is 2.42. The number of ether oxygens (including phenoxy) is 2. The molecule has 42 heavy (non-hydrogen) atoms. The van der Waals surface area contributed by atoms with Gasteiger partial charge in [-0.3, -0.25) is 19.1 Å². The predicted octanol–water partition coefficient (Wildman–Crippen LogP) is 3.89. The molecule has 0 aliphatic carbocycles. The lowest BCUT2D eigenvalue weighted by atomic mass is 10.0. The van der Waals surface area contributed by atoms with Gasteiger partial charge in [0.15, 0.2) is 21.3 Å². The molecule has 2 aliphatic rings. The number of thioether (sulfide) groups is 1. The van der Waals surface area contributed by atoms with Crippen LogP contribution in [0, 0.1) is 18.3 Å². The lowest BCUT2D eigenvalue weighted by Gasteiger charge is -2.21. The number of pyridine rings is 1. The fraction of sp³-hybridized carbons (Fsp3) is 0.448. The van der Waals surface area contributed by atoms with Crippen LogP contribution in [-0.2, 0) is 27.6 Å². The van der Waals surface area contributed by atoms with Crippen molar-refractivity contribution in [3.63, 3.8) is 0 Å². The van der Waals surface area contributed by atoms with E-state index in [9.17, 15) is 23.3 Å². The lowest BCUT2D eigenvalue weighted by Crippen LogP contribution is -2.39. The molecule has 1 atom stereocenters. The number of nitriles is 1. The van der Waals surface area contributed by atoms with Crippen LogP contribution in [0.2, 0.25) is 0 Å². The van der Waals surface area contributed by atoms with Crippen LogP contribution in [0.5, 0.6) is 11.5 Å². The van der Waals surface area contributed by atoms with E-state index >= 15 is 0 Å². The minimum absolute atomic E-state index is 0.0140. The second kappa shape index (κ2) is 13.3. The molecule has 13 heteroatoms. The zero-order valence-corrected chi connectivity index (χ0v) is 26.5. The molecular formula is C29H34N4O6S3. The number of thiocarbonyl (C=S) groups is 1. The maximum Gasteiger partial charge on any atom is 0.270 e. The third kappa shape index (κ3) is 6.50. The summed E-state index contributed by atoms with van der Waals surface area (Å²) in [5.74, 6) is 1.29.